The standard InChI is InChI=1S/C16H25NO/c1-3-10-17-16(14-9-8-11(2)18-14)15-12-6-4-5-7-13(12)15/h8-9,12-13,15-17H,3-7,10H2,1-2H3. The highest BCUT2D eigenvalue weighted by Gasteiger charge is 2.54. The Morgan fingerprint density at radius 3 is 2.56 bits per heavy atom. The van der Waals surface area contributed by atoms with Gasteiger partial charge in [0.05, 0.1) is 6.04 Å². The van der Waals surface area contributed by atoms with Gasteiger partial charge in [-0.3, -0.25) is 0 Å². The van der Waals surface area contributed by atoms with Gasteiger partial charge in [-0.1, -0.05) is 19.8 Å². The lowest BCUT2D eigenvalue weighted by atomic mass is 10.0. The van der Waals surface area contributed by atoms with Crippen LogP contribution in [0.1, 0.15) is 56.6 Å². The van der Waals surface area contributed by atoms with Gasteiger partial charge >= 0.3 is 0 Å². The number of aryl methyl sites for hydroxylation is 1. The molecule has 0 aliphatic heterocycles. The molecule has 3 atom stereocenters. The SMILES string of the molecule is CCCNC(c1ccc(C)o1)C1C2CCCCC21. The summed E-state index contributed by atoms with van der Waals surface area (Å²) in [7, 11) is 0. The van der Waals surface area contributed by atoms with Gasteiger partial charge in [0.15, 0.2) is 0 Å². The maximum absolute atomic E-state index is 5.89. The summed E-state index contributed by atoms with van der Waals surface area (Å²) in [6, 6.07) is 4.74. The first kappa shape index (κ1) is 12.3. The van der Waals surface area contributed by atoms with Gasteiger partial charge in [-0.05, 0) is 62.6 Å². The first-order chi connectivity index (χ1) is 8.81. The predicted octanol–water partition coefficient (Wildman–Crippen LogP) is 4.06. The van der Waals surface area contributed by atoms with Crippen molar-refractivity contribution < 1.29 is 4.42 Å². The smallest absolute Gasteiger partial charge is 0.121 e. The number of fused-ring (bicyclic) bond motifs is 1. The Bertz CT molecular complexity index is 386. The van der Waals surface area contributed by atoms with Crippen molar-refractivity contribution in [3.8, 4) is 0 Å². The lowest BCUT2D eigenvalue weighted by Crippen LogP contribution is -2.24. The van der Waals surface area contributed by atoms with Crippen LogP contribution in [0.25, 0.3) is 0 Å². The molecule has 0 aromatic carbocycles. The molecule has 0 saturated heterocycles. The molecule has 3 rings (SSSR count). The maximum atomic E-state index is 5.89. The fourth-order valence-electron chi connectivity index (χ4n) is 3.89. The van der Waals surface area contributed by atoms with Crippen LogP contribution in [0.5, 0.6) is 0 Å². The third-order valence-electron chi connectivity index (χ3n) is 4.79. The minimum absolute atomic E-state index is 0.465. The fraction of sp³-hybridized carbons (Fsp3) is 0.750. The third-order valence-corrected chi connectivity index (χ3v) is 4.79. The van der Waals surface area contributed by atoms with Crippen molar-refractivity contribution in [3.05, 3.63) is 23.7 Å². The highest BCUT2D eigenvalue weighted by atomic mass is 16.3. The zero-order chi connectivity index (χ0) is 12.5. The number of rotatable bonds is 5. The normalized spacial score (nSPS) is 32.0. The Morgan fingerprint density at radius 2 is 2.00 bits per heavy atom. The predicted molar refractivity (Wildman–Crippen MR) is 73.4 cm³/mol. The second-order valence-corrected chi connectivity index (χ2v) is 6.07. The van der Waals surface area contributed by atoms with Crippen molar-refractivity contribution in [2.75, 3.05) is 6.54 Å². The van der Waals surface area contributed by atoms with Gasteiger partial charge in [0, 0.05) is 0 Å². The molecule has 100 valence electrons. The van der Waals surface area contributed by atoms with Crippen LogP contribution < -0.4 is 5.32 Å². The summed E-state index contributed by atoms with van der Waals surface area (Å²) in [6.07, 6.45) is 6.96. The summed E-state index contributed by atoms with van der Waals surface area (Å²) in [5, 5.41) is 3.72. The molecule has 2 heteroatoms. The molecule has 0 radical (unpaired) electrons. The zero-order valence-corrected chi connectivity index (χ0v) is 11.6. The van der Waals surface area contributed by atoms with Gasteiger partial charge in [0.25, 0.3) is 0 Å². The van der Waals surface area contributed by atoms with E-state index in [1.54, 1.807) is 0 Å². The molecular formula is C16H25NO. The molecule has 1 N–H and O–H groups in total. The Labute approximate surface area is 110 Å². The molecule has 0 spiro atoms. The monoisotopic (exact) mass is 247 g/mol. The summed E-state index contributed by atoms with van der Waals surface area (Å²) >= 11 is 0. The van der Waals surface area contributed by atoms with E-state index in [9.17, 15) is 0 Å². The Balaban J connectivity index is 1.74. The number of hydrogen-bond donors (Lipinski definition) is 1. The minimum atomic E-state index is 0.465. The molecule has 2 fully saturated rings. The van der Waals surface area contributed by atoms with Gasteiger partial charge in [0.1, 0.15) is 11.5 Å². The van der Waals surface area contributed by atoms with E-state index in [0.717, 1.165) is 30.1 Å². The molecular weight excluding hydrogens is 222 g/mol. The van der Waals surface area contributed by atoms with Gasteiger partial charge in [0.2, 0.25) is 0 Å². The zero-order valence-electron chi connectivity index (χ0n) is 11.6. The molecule has 0 bridgehead atoms. The van der Waals surface area contributed by atoms with Crippen molar-refractivity contribution in [3.63, 3.8) is 0 Å². The molecule has 2 aliphatic carbocycles. The summed E-state index contributed by atoms with van der Waals surface area (Å²) in [5.41, 5.74) is 0. The number of hydrogen-bond acceptors (Lipinski definition) is 2. The lowest BCUT2D eigenvalue weighted by molar-refractivity contribution is 0.356. The summed E-state index contributed by atoms with van der Waals surface area (Å²) < 4.78 is 5.89. The van der Waals surface area contributed by atoms with E-state index in [4.69, 9.17) is 4.42 Å². The molecule has 2 saturated carbocycles. The molecule has 1 heterocycles. The first-order valence-electron chi connectivity index (χ1n) is 7.61. The highest BCUT2D eigenvalue weighted by Crippen LogP contribution is 2.60. The van der Waals surface area contributed by atoms with E-state index in [1.807, 2.05) is 6.92 Å². The Kier molecular flexibility index (Phi) is 3.47. The van der Waals surface area contributed by atoms with Crippen LogP contribution in [0.2, 0.25) is 0 Å². The second kappa shape index (κ2) is 5.08. The molecule has 2 aliphatic rings. The van der Waals surface area contributed by atoms with Crippen LogP contribution in [0.15, 0.2) is 16.5 Å². The van der Waals surface area contributed by atoms with Crippen molar-refractivity contribution in [2.24, 2.45) is 17.8 Å². The van der Waals surface area contributed by atoms with Gasteiger partial charge in [-0.25, -0.2) is 0 Å². The average molecular weight is 247 g/mol. The van der Waals surface area contributed by atoms with Gasteiger partial charge in [-0.15, -0.1) is 0 Å². The lowest BCUT2D eigenvalue weighted by Gasteiger charge is -2.16. The van der Waals surface area contributed by atoms with Crippen molar-refractivity contribution in [1.29, 1.82) is 0 Å². The quantitative estimate of drug-likeness (QED) is 0.848. The van der Waals surface area contributed by atoms with Crippen LogP contribution in [0.4, 0.5) is 0 Å². The minimum Gasteiger partial charge on any atom is -0.465 e. The van der Waals surface area contributed by atoms with Gasteiger partial charge in [-0.2, -0.15) is 0 Å². The van der Waals surface area contributed by atoms with Crippen LogP contribution in [-0.2, 0) is 0 Å². The summed E-state index contributed by atoms with van der Waals surface area (Å²) in [6.45, 7) is 5.37. The molecule has 3 unspecified atom stereocenters. The number of furan rings is 1. The van der Waals surface area contributed by atoms with Gasteiger partial charge < -0.3 is 9.73 Å². The second-order valence-electron chi connectivity index (χ2n) is 6.07. The largest absolute Gasteiger partial charge is 0.465 e. The molecule has 18 heavy (non-hydrogen) atoms. The van der Waals surface area contributed by atoms with E-state index in [2.05, 4.69) is 24.4 Å². The molecule has 0 amide bonds. The van der Waals surface area contributed by atoms with Crippen molar-refractivity contribution >= 4 is 0 Å². The van der Waals surface area contributed by atoms with Crippen molar-refractivity contribution in [2.45, 2.75) is 52.0 Å². The van der Waals surface area contributed by atoms with E-state index in [1.165, 1.54) is 37.9 Å². The van der Waals surface area contributed by atoms with E-state index in [0.29, 0.717) is 6.04 Å². The van der Waals surface area contributed by atoms with E-state index < -0.39 is 0 Å². The van der Waals surface area contributed by atoms with Crippen LogP contribution in [-0.4, -0.2) is 6.54 Å². The number of nitrogens with one attached hydrogen (secondary N) is 1. The average Bonchev–Trinajstić information content (AvgIpc) is 2.95. The van der Waals surface area contributed by atoms with Crippen LogP contribution in [0, 0.1) is 24.7 Å². The Hall–Kier alpha value is -0.760. The molecule has 1 aromatic heterocycles. The summed E-state index contributed by atoms with van der Waals surface area (Å²) in [5.74, 6) is 4.99. The fourth-order valence-corrected chi connectivity index (χ4v) is 3.89. The highest BCUT2D eigenvalue weighted by molar-refractivity contribution is 5.16. The molecule has 2 nitrogen and oxygen atoms in total. The summed E-state index contributed by atoms with van der Waals surface area (Å²) in [4.78, 5) is 0. The van der Waals surface area contributed by atoms with E-state index >= 15 is 0 Å². The maximum Gasteiger partial charge on any atom is 0.121 e. The van der Waals surface area contributed by atoms with Crippen LogP contribution in [0.3, 0.4) is 0 Å². The van der Waals surface area contributed by atoms with E-state index in [-0.39, 0.29) is 0 Å². The van der Waals surface area contributed by atoms with Crippen LogP contribution >= 0.6 is 0 Å². The molecule has 1 aromatic rings. The third kappa shape index (κ3) is 2.23. The topological polar surface area (TPSA) is 25.2 Å². The Morgan fingerprint density at radius 1 is 1.28 bits per heavy atom. The van der Waals surface area contributed by atoms with Crippen molar-refractivity contribution in [1.82, 2.24) is 5.32 Å². The first-order valence-corrected chi connectivity index (χ1v) is 7.61.